The summed E-state index contributed by atoms with van der Waals surface area (Å²) in [4.78, 5) is 18.7. The van der Waals surface area contributed by atoms with E-state index in [9.17, 15) is 20.1 Å². The highest BCUT2D eigenvalue weighted by molar-refractivity contribution is 6.05. The Morgan fingerprint density at radius 1 is 1.05 bits per heavy atom. The number of fused-ring (bicyclic) bond motifs is 2. The van der Waals surface area contributed by atoms with Crippen molar-refractivity contribution in [3.05, 3.63) is 11.9 Å². The number of aliphatic hydroxyl groups is 3. The summed E-state index contributed by atoms with van der Waals surface area (Å²) in [5.74, 6) is -1.99. The fraction of sp³-hybridized carbons (Fsp3) is 0.927. The Morgan fingerprint density at radius 2 is 1.74 bits per heavy atom. The standard InChI is InChI=1S/C41H72BN5O11/c1-14-30-41(10,51)34(48)26(6)46(12)20-22(2)18-40(9)36(24(4)32(25(5)37(50)55-30)56-31-19-39(8,52-13)35(49)27(7)54-31)57-38-33(58-40)29(17-23(3)53-38)45(11)16-15-28-21-47(42)44-43-28/h21-27,29-36,38,48-49,51H,14-20H2,1-13H3/t22-,23-,24+,25-,26-,27+,29+,30-,31+,32+,33-,34-,35+,36-,38+,39-,40-,41-/m1/s1. The molecule has 18 atom stereocenters. The normalized spacial score (nSPS) is 46.4. The minimum absolute atomic E-state index is 0.0242. The lowest BCUT2D eigenvalue weighted by atomic mass is 9.76. The fourth-order valence-corrected chi connectivity index (χ4v) is 10.1. The van der Waals surface area contributed by atoms with E-state index in [-0.39, 0.29) is 30.9 Å². The number of carbonyl (C=O) groups is 1. The first-order chi connectivity index (χ1) is 27.0. The van der Waals surface area contributed by atoms with Gasteiger partial charge in [0.15, 0.2) is 12.6 Å². The Labute approximate surface area is 346 Å². The first-order valence-corrected chi connectivity index (χ1v) is 21.3. The highest BCUT2D eigenvalue weighted by atomic mass is 16.7. The predicted octanol–water partition coefficient (Wildman–Crippen LogP) is 2.08. The van der Waals surface area contributed by atoms with E-state index >= 15 is 0 Å². The highest BCUT2D eigenvalue weighted by Crippen LogP contribution is 2.46. The summed E-state index contributed by atoms with van der Waals surface area (Å²) in [5.41, 5.74) is -2.88. The summed E-state index contributed by atoms with van der Waals surface area (Å²) in [7, 11) is 11.3. The van der Waals surface area contributed by atoms with Crippen LogP contribution >= 0.6 is 0 Å². The molecule has 4 saturated heterocycles. The maximum absolute atomic E-state index is 14.4. The van der Waals surface area contributed by atoms with Crippen molar-refractivity contribution in [1.82, 2.24) is 24.7 Å². The summed E-state index contributed by atoms with van der Waals surface area (Å²) in [6.07, 6.45) is -3.41. The van der Waals surface area contributed by atoms with Crippen molar-refractivity contribution in [2.75, 3.05) is 34.3 Å². The van der Waals surface area contributed by atoms with E-state index in [2.05, 4.69) is 36.1 Å². The number of esters is 1. The number of ether oxygens (including phenoxy) is 7. The van der Waals surface area contributed by atoms with Crippen LogP contribution < -0.4 is 0 Å². The smallest absolute Gasteiger partial charge is 0.311 e. The number of carbonyl (C=O) groups excluding carboxylic acids is 1. The van der Waals surface area contributed by atoms with Crippen LogP contribution in [-0.2, 0) is 44.4 Å². The number of aromatic nitrogens is 3. The maximum Gasteiger partial charge on any atom is 0.311 e. The minimum Gasteiger partial charge on any atom is -0.459 e. The van der Waals surface area contributed by atoms with Gasteiger partial charge in [-0.05, 0) is 87.7 Å². The van der Waals surface area contributed by atoms with Gasteiger partial charge in [0.05, 0.1) is 47.2 Å². The van der Waals surface area contributed by atoms with Crippen LogP contribution in [0.2, 0.25) is 0 Å². The third-order valence-corrected chi connectivity index (χ3v) is 13.7. The number of nitrogens with zero attached hydrogens (tertiary/aromatic N) is 5. The van der Waals surface area contributed by atoms with Crippen molar-refractivity contribution in [1.29, 1.82) is 0 Å². The van der Waals surface area contributed by atoms with E-state index in [4.69, 9.17) is 41.1 Å². The van der Waals surface area contributed by atoms with Crippen LogP contribution in [0.1, 0.15) is 101 Å². The van der Waals surface area contributed by atoms with Gasteiger partial charge in [0.2, 0.25) is 0 Å². The second kappa shape index (κ2) is 18.7. The monoisotopic (exact) mass is 822 g/mol. The predicted molar refractivity (Wildman–Crippen MR) is 215 cm³/mol. The summed E-state index contributed by atoms with van der Waals surface area (Å²) in [6.45, 7) is 20.0. The molecule has 4 aliphatic rings. The fourth-order valence-electron chi connectivity index (χ4n) is 10.1. The molecule has 4 aliphatic heterocycles. The number of cyclic esters (lactones) is 1. The molecule has 330 valence electrons. The Hall–Kier alpha value is -1.77. The molecule has 3 N–H and O–H groups in total. The van der Waals surface area contributed by atoms with Crippen LogP contribution in [-0.4, -0.2) is 179 Å². The van der Waals surface area contributed by atoms with E-state index in [1.165, 1.54) is 11.5 Å². The molecule has 0 bridgehead atoms. The first kappa shape index (κ1) is 47.3. The molecular formula is C41H72BN5O11. The zero-order valence-corrected chi connectivity index (χ0v) is 37.1. The second-order valence-electron chi connectivity index (χ2n) is 18.7. The number of aliphatic hydroxyl groups excluding tert-OH is 2. The van der Waals surface area contributed by atoms with E-state index in [0.29, 0.717) is 32.4 Å². The van der Waals surface area contributed by atoms with Gasteiger partial charge in [-0.3, -0.25) is 4.79 Å². The molecule has 0 aromatic carbocycles. The molecule has 1 aromatic rings. The Bertz CT molecular complexity index is 1510. The van der Waals surface area contributed by atoms with Gasteiger partial charge < -0.3 is 62.9 Å². The lowest BCUT2D eigenvalue weighted by molar-refractivity contribution is -0.378. The van der Waals surface area contributed by atoms with Gasteiger partial charge in [0, 0.05) is 57.2 Å². The van der Waals surface area contributed by atoms with Crippen molar-refractivity contribution >= 4 is 14.0 Å². The molecule has 0 unspecified atom stereocenters. The molecule has 2 radical (unpaired) electrons. The average molecular weight is 822 g/mol. The SMILES string of the molecule is [B]n1cc(CCN(C)[C@H]2C[C@@H](C)O[C@H]3O[C@@H]4[C@@H](C)[C@H](O[C@H]5C[C@@](C)(OC)[C@@H](O)[C@H](C)O5)[C@@H](C)C(=O)O[C@H](CC)[C@@](C)(O)[C@H](O)[C@@H](C)N(C)C[C@H](C)C[C@@]4(C)O[C@@H]32)nn1. The van der Waals surface area contributed by atoms with Gasteiger partial charge in [-0.25, -0.2) is 0 Å². The minimum atomic E-state index is -1.76. The summed E-state index contributed by atoms with van der Waals surface area (Å²) in [5, 5.41) is 42.6. The number of likely N-dealkylation sites (N-methyl/N-ethyl adjacent to an activating group) is 2. The average Bonchev–Trinajstić information content (AvgIpc) is 3.59. The van der Waals surface area contributed by atoms with Crippen LogP contribution in [0.3, 0.4) is 0 Å². The molecule has 0 aliphatic carbocycles. The van der Waals surface area contributed by atoms with Crippen molar-refractivity contribution in [2.45, 2.75) is 192 Å². The molecule has 0 spiro atoms. The third-order valence-electron chi connectivity index (χ3n) is 13.7. The highest BCUT2D eigenvalue weighted by Gasteiger charge is 2.57. The second-order valence-corrected chi connectivity index (χ2v) is 18.7. The van der Waals surface area contributed by atoms with Gasteiger partial charge in [0.1, 0.15) is 30.0 Å². The molecule has 0 saturated carbocycles. The Kier molecular flexibility index (Phi) is 15.2. The molecule has 16 nitrogen and oxygen atoms in total. The van der Waals surface area contributed by atoms with Crippen LogP contribution in [0.25, 0.3) is 0 Å². The van der Waals surface area contributed by atoms with E-state index in [1.807, 2.05) is 46.6 Å². The van der Waals surface area contributed by atoms with Gasteiger partial charge in [-0.1, -0.05) is 26.0 Å². The summed E-state index contributed by atoms with van der Waals surface area (Å²) in [6, 6.07) is -0.550. The largest absolute Gasteiger partial charge is 0.459 e. The molecule has 5 heterocycles. The van der Waals surface area contributed by atoms with E-state index < -0.39 is 96.0 Å². The van der Waals surface area contributed by atoms with Gasteiger partial charge in [-0.2, -0.15) is 0 Å². The molecule has 5 rings (SSSR count). The third kappa shape index (κ3) is 9.96. The van der Waals surface area contributed by atoms with Crippen LogP contribution in [0.15, 0.2) is 6.20 Å². The topological polar surface area (TPSA) is 180 Å². The van der Waals surface area contributed by atoms with E-state index in [1.54, 1.807) is 27.2 Å². The van der Waals surface area contributed by atoms with Crippen molar-refractivity contribution in [3.8, 4) is 0 Å². The number of hydrogen-bond acceptors (Lipinski definition) is 15. The number of rotatable bonds is 8. The molecule has 1 aromatic heterocycles. The number of methoxy groups -OCH3 is 1. The van der Waals surface area contributed by atoms with Gasteiger partial charge in [-0.15, -0.1) is 5.10 Å². The Balaban J connectivity index is 1.55. The van der Waals surface area contributed by atoms with Crippen molar-refractivity contribution < 1.29 is 53.3 Å². The van der Waals surface area contributed by atoms with E-state index in [0.717, 1.165) is 5.69 Å². The summed E-state index contributed by atoms with van der Waals surface area (Å²) >= 11 is 0. The van der Waals surface area contributed by atoms with Crippen molar-refractivity contribution in [3.63, 3.8) is 0 Å². The van der Waals surface area contributed by atoms with Crippen LogP contribution in [0, 0.1) is 17.8 Å². The quantitative estimate of drug-likeness (QED) is 0.256. The van der Waals surface area contributed by atoms with Gasteiger partial charge in [0.25, 0.3) is 7.98 Å². The zero-order valence-electron chi connectivity index (χ0n) is 37.1. The Morgan fingerprint density at radius 3 is 2.36 bits per heavy atom. The molecular weight excluding hydrogens is 749 g/mol. The maximum atomic E-state index is 14.4. The zero-order chi connectivity index (χ0) is 43.1. The lowest BCUT2D eigenvalue weighted by Gasteiger charge is -2.56. The lowest BCUT2D eigenvalue weighted by Crippen LogP contribution is -2.68. The van der Waals surface area contributed by atoms with Crippen LogP contribution in [0.4, 0.5) is 0 Å². The molecule has 58 heavy (non-hydrogen) atoms. The van der Waals surface area contributed by atoms with Gasteiger partial charge >= 0.3 is 5.97 Å². The number of hydrogen-bond donors (Lipinski definition) is 3. The molecule has 0 amide bonds. The molecule has 4 fully saturated rings. The van der Waals surface area contributed by atoms with Crippen LogP contribution in [0.5, 0.6) is 0 Å². The first-order valence-electron chi connectivity index (χ1n) is 21.3. The van der Waals surface area contributed by atoms with Crippen molar-refractivity contribution in [2.24, 2.45) is 17.8 Å². The summed E-state index contributed by atoms with van der Waals surface area (Å²) < 4.78 is 47.3. The molecule has 17 heteroatoms.